The maximum absolute atomic E-state index is 12.3. The maximum Gasteiger partial charge on any atom is 0.317 e. The van der Waals surface area contributed by atoms with Gasteiger partial charge in [-0.05, 0) is 44.5 Å². The maximum atomic E-state index is 12.3. The summed E-state index contributed by atoms with van der Waals surface area (Å²) in [7, 11) is 0. The molecule has 1 saturated carbocycles. The summed E-state index contributed by atoms with van der Waals surface area (Å²) in [6.07, 6.45) is 1.58. The number of carbonyl (C=O) groups excluding carboxylic acids is 1. The van der Waals surface area contributed by atoms with Crippen molar-refractivity contribution in [3.8, 4) is 5.75 Å². The van der Waals surface area contributed by atoms with Crippen LogP contribution in [0.5, 0.6) is 5.75 Å². The average molecular weight is 320 g/mol. The minimum absolute atomic E-state index is 0.0538. The molecular formula is C17H24N2O4. The molecule has 0 aliphatic heterocycles. The molecule has 1 aromatic rings. The number of aliphatic carboxylic acids is 1. The molecule has 126 valence electrons. The molecule has 0 unspecified atom stereocenters. The van der Waals surface area contributed by atoms with Gasteiger partial charge in [-0.1, -0.05) is 13.0 Å². The second kappa shape index (κ2) is 7.97. The molecule has 6 heteroatoms. The minimum atomic E-state index is -0.813. The van der Waals surface area contributed by atoms with Crippen molar-refractivity contribution in [2.75, 3.05) is 19.7 Å². The van der Waals surface area contributed by atoms with E-state index >= 15 is 0 Å². The van der Waals surface area contributed by atoms with Gasteiger partial charge in [0.25, 0.3) is 5.91 Å². The fraction of sp³-hybridized carbons (Fsp3) is 0.529. The van der Waals surface area contributed by atoms with Gasteiger partial charge in [0.2, 0.25) is 0 Å². The van der Waals surface area contributed by atoms with E-state index in [-0.39, 0.29) is 24.5 Å². The number of carbonyl (C=O) groups is 2. The number of amides is 1. The topological polar surface area (TPSA) is 78.9 Å². The molecule has 0 saturated heterocycles. The Labute approximate surface area is 136 Å². The summed E-state index contributed by atoms with van der Waals surface area (Å²) in [4.78, 5) is 25.0. The van der Waals surface area contributed by atoms with Crippen LogP contribution in [0.3, 0.4) is 0 Å². The Balaban J connectivity index is 1.84. The molecule has 23 heavy (non-hydrogen) atoms. The van der Waals surface area contributed by atoms with E-state index in [1.165, 1.54) is 0 Å². The van der Waals surface area contributed by atoms with Crippen molar-refractivity contribution in [2.45, 2.75) is 38.8 Å². The first-order chi connectivity index (χ1) is 11.0. The average Bonchev–Trinajstić information content (AvgIpc) is 2.48. The van der Waals surface area contributed by atoms with E-state index in [1.54, 1.807) is 18.2 Å². The Morgan fingerprint density at radius 2 is 2.09 bits per heavy atom. The lowest BCUT2D eigenvalue weighted by Gasteiger charge is -2.42. The molecule has 1 aliphatic rings. The zero-order chi connectivity index (χ0) is 16.8. The van der Waals surface area contributed by atoms with Crippen molar-refractivity contribution in [3.63, 3.8) is 0 Å². The molecule has 0 heterocycles. The lowest BCUT2D eigenvalue weighted by atomic mass is 9.85. The Morgan fingerprint density at radius 3 is 2.70 bits per heavy atom. The van der Waals surface area contributed by atoms with Crippen LogP contribution in [0, 0.1) is 0 Å². The summed E-state index contributed by atoms with van der Waals surface area (Å²) >= 11 is 0. The van der Waals surface area contributed by atoms with E-state index in [1.807, 2.05) is 24.8 Å². The zero-order valence-corrected chi connectivity index (χ0v) is 13.6. The van der Waals surface area contributed by atoms with Crippen molar-refractivity contribution in [1.29, 1.82) is 0 Å². The first-order valence-electron chi connectivity index (χ1n) is 8.03. The Bertz CT molecular complexity index is 555. The smallest absolute Gasteiger partial charge is 0.317 e. The second-order valence-corrected chi connectivity index (χ2v) is 5.71. The molecule has 1 aliphatic carbocycles. The summed E-state index contributed by atoms with van der Waals surface area (Å²) in [5, 5.41) is 11.9. The third-order valence-corrected chi connectivity index (χ3v) is 4.12. The van der Waals surface area contributed by atoms with Crippen LogP contribution in [0.15, 0.2) is 24.3 Å². The largest absolute Gasteiger partial charge is 0.494 e. The minimum Gasteiger partial charge on any atom is -0.494 e. The Morgan fingerprint density at radius 1 is 1.35 bits per heavy atom. The number of hydrogen-bond acceptors (Lipinski definition) is 4. The summed E-state index contributed by atoms with van der Waals surface area (Å²) in [6, 6.07) is 7.45. The van der Waals surface area contributed by atoms with Crippen LogP contribution in [0.4, 0.5) is 0 Å². The van der Waals surface area contributed by atoms with Gasteiger partial charge in [0.15, 0.2) is 0 Å². The number of benzene rings is 1. The standard InChI is InChI=1S/C17H24N2O4/c1-3-19(11-16(20)21)14-9-13(10-14)18-17(22)12-6-5-7-15(8-12)23-4-2/h5-8,13-14H,3-4,9-11H2,1-2H3,(H,18,22)(H,20,21). The van der Waals surface area contributed by atoms with Crippen LogP contribution in [0.2, 0.25) is 0 Å². The summed E-state index contributed by atoms with van der Waals surface area (Å²) in [6.45, 7) is 5.17. The number of rotatable bonds is 8. The molecule has 1 fully saturated rings. The van der Waals surface area contributed by atoms with Crippen molar-refractivity contribution in [3.05, 3.63) is 29.8 Å². The second-order valence-electron chi connectivity index (χ2n) is 5.71. The Kier molecular flexibility index (Phi) is 5.98. The van der Waals surface area contributed by atoms with Crippen molar-refractivity contribution in [1.82, 2.24) is 10.2 Å². The lowest BCUT2D eigenvalue weighted by Crippen LogP contribution is -2.54. The normalized spacial score (nSPS) is 20.0. The molecule has 1 aromatic carbocycles. The highest BCUT2D eigenvalue weighted by atomic mass is 16.5. The molecule has 1 amide bonds. The highest BCUT2D eigenvalue weighted by molar-refractivity contribution is 5.94. The third kappa shape index (κ3) is 4.69. The fourth-order valence-corrected chi connectivity index (χ4v) is 2.84. The summed E-state index contributed by atoms with van der Waals surface area (Å²) in [5.41, 5.74) is 0.581. The van der Waals surface area contributed by atoms with Gasteiger partial charge in [-0.2, -0.15) is 0 Å². The number of hydrogen-bond donors (Lipinski definition) is 2. The van der Waals surface area contributed by atoms with Crippen LogP contribution in [-0.4, -0.2) is 53.7 Å². The molecule has 2 N–H and O–H groups in total. The van der Waals surface area contributed by atoms with E-state index < -0.39 is 5.97 Å². The van der Waals surface area contributed by atoms with Crippen LogP contribution in [0.1, 0.15) is 37.0 Å². The molecule has 0 atom stereocenters. The van der Waals surface area contributed by atoms with E-state index in [9.17, 15) is 9.59 Å². The van der Waals surface area contributed by atoms with Crippen LogP contribution in [-0.2, 0) is 4.79 Å². The third-order valence-electron chi connectivity index (χ3n) is 4.12. The predicted molar refractivity (Wildman–Crippen MR) is 86.8 cm³/mol. The highest BCUT2D eigenvalue weighted by Crippen LogP contribution is 2.26. The number of carboxylic acid groups (broad SMARTS) is 1. The molecule has 0 aromatic heterocycles. The quantitative estimate of drug-likeness (QED) is 0.763. The monoisotopic (exact) mass is 320 g/mol. The van der Waals surface area contributed by atoms with E-state index in [0.717, 1.165) is 12.8 Å². The molecule has 0 radical (unpaired) electrons. The molecule has 6 nitrogen and oxygen atoms in total. The first kappa shape index (κ1) is 17.3. The van der Waals surface area contributed by atoms with Crippen LogP contribution >= 0.6 is 0 Å². The fourth-order valence-electron chi connectivity index (χ4n) is 2.84. The van der Waals surface area contributed by atoms with Crippen molar-refractivity contribution < 1.29 is 19.4 Å². The van der Waals surface area contributed by atoms with Gasteiger partial charge in [-0.15, -0.1) is 0 Å². The molecule has 0 bridgehead atoms. The SMILES string of the molecule is CCOc1cccc(C(=O)NC2CC(N(CC)CC(=O)O)C2)c1. The Hall–Kier alpha value is -2.08. The summed E-state index contributed by atoms with van der Waals surface area (Å²) < 4.78 is 5.40. The number of nitrogens with zero attached hydrogens (tertiary/aromatic N) is 1. The van der Waals surface area contributed by atoms with Gasteiger partial charge >= 0.3 is 5.97 Å². The van der Waals surface area contributed by atoms with E-state index in [4.69, 9.17) is 9.84 Å². The number of nitrogens with one attached hydrogen (secondary N) is 1. The number of carboxylic acids is 1. The van der Waals surface area contributed by atoms with Crippen LogP contribution in [0.25, 0.3) is 0 Å². The number of likely N-dealkylation sites (N-methyl/N-ethyl adjacent to an activating group) is 1. The van der Waals surface area contributed by atoms with Crippen LogP contribution < -0.4 is 10.1 Å². The first-order valence-corrected chi connectivity index (χ1v) is 8.03. The van der Waals surface area contributed by atoms with Crippen molar-refractivity contribution in [2.24, 2.45) is 0 Å². The van der Waals surface area contributed by atoms with Gasteiger partial charge in [0, 0.05) is 17.6 Å². The molecule has 0 spiro atoms. The predicted octanol–water partition coefficient (Wildman–Crippen LogP) is 1.75. The zero-order valence-electron chi connectivity index (χ0n) is 13.6. The highest BCUT2D eigenvalue weighted by Gasteiger charge is 2.34. The van der Waals surface area contributed by atoms with E-state index in [0.29, 0.717) is 24.5 Å². The van der Waals surface area contributed by atoms with Gasteiger partial charge in [-0.25, -0.2) is 0 Å². The summed E-state index contributed by atoms with van der Waals surface area (Å²) in [5.74, 6) is -0.242. The lowest BCUT2D eigenvalue weighted by molar-refractivity contribution is -0.139. The number of ether oxygens (including phenoxy) is 1. The van der Waals surface area contributed by atoms with Gasteiger partial charge < -0.3 is 15.2 Å². The molecular weight excluding hydrogens is 296 g/mol. The van der Waals surface area contributed by atoms with Gasteiger partial charge in [0.1, 0.15) is 5.75 Å². The van der Waals surface area contributed by atoms with Gasteiger partial charge in [-0.3, -0.25) is 14.5 Å². The van der Waals surface area contributed by atoms with Gasteiger partial charge in [0.05, 0.1) is 13.2 Å². The van der Waals surface area contributed by atoms with Crippen molar-refractivity contribution >= 4 is 11.9 Å². The molecule has 2 rings (SSSR count). The van der Waals surface area contributed by atoms with E-state index in [2.05, 4.69) is 5.32 Å².